The van der Waals surface area contributed by atoms with Crippen molar-refractivity contribution < 1.29 is 14.6 Å². The number of dihydropyridines is 1. The highest BCUT2D eigenvalue weighted by molar-refractivity contribution is 5.99. The van der Waals surface area contributed by atoms with E-state index in [2.05, 4.69) is 10.3 Å². The number of nitrogens with zero attached hydrogens (tertiary/aromatic N) is 1. The molecule has 2 heterocycles. The summed E-state index contributed by atoms with van der Waals surface area (Å²) in [6.45, 7) is 8.36. The van der Waals surface area contributed by atoms with E-state index in [4.69, 9.17) is 4.74 Å². The zero-order valence-corrected chi connectivity index (χ0v) is 11.8. The molecule has 2 rings (SSSR count). The fraction of sp³-hybridized carbons (Fsp3) is 0.571. The lowest BCUT2D eigenvalue weighted by Gasteiger charge is -2.23. The Hall–Kier alpha value is -1.78. The van der Waals surface area contributed by atoms with Gasteiger partial charge in [0.25, 0.3) is 0 Å². The Bertz CT molecular complexity index is 513. The number of carboxylic acids is 1. The van der Waals surface area contributed by atoms with Gasteiger partial charge in [0, 0.05) is 23.4 Å². The van der Waals surface area contributed by atoms with Crippen LogP contribution in [0.5, 0.6) is 0 Å². The molecule has 0 aromatic heterocycles. The predicted octanol–water partition coefficient (Wildman–Crippen LogP) is 2.21. The third-order valence-electron chi connectivity index (χ3n) is 3.35. The fourth-order valence-corrected chi connectivity index (χ4v) is 2.27. The number of allylic oxidation sites excluding steroid dienone is 2. The van der Waals surface area contributed by atoms with Gasteiger partial charge in [-0.05, 0) is 27.2 Å². The molecule has 0 unspecified atom stereocenters. The molecule has 0 bridgehead atoms. The van der Waals surface area contributed by atoms with Crippen LogP contribution in [-0.4, -0.2) is 29.1 Å². The van der Waals surface area contributed by atoms with Crippen LogP contribution in [-0.2, 0) is 9.53 Å². The van der Waals surface area contributed by atoms with Gasteiger partial charge in [-0.1, -0.05) is 6.92 Å². The number of hydrogen-bond acceptors (Lipinski definition) is 4. The second-order valence-corrected chi connectivity index (χ2v) is 5.54. The molecule has 0 radical (unpaired) electrons. The molecule has 0 aliphatic carbocycles. The molecule has 5 heteroatoms. The number of carbonyl (C=O) groups is 1. The van der Waals surface area contributed by atoms with Gasteiger partial charge in [-0.15, -0.1) is 0 Å². The maximum absolute atomic E-state index is 11.2. The van der Waals surface area contributed by atoms with E-state index >= 15 is 0 Å². The second kappa shape index (κ2) is 4.72. The van der Waals surface area contributed by atoms with Crippen molar-refractivity contribution in [2.75, 3.05) is 6.61 Å². The van der Waals surface area contributed by atoms with Gasteiger partial charge in [0.1, 0.15) is 6.61 Å². The van der Waals surface area contributed by atoms with Gasteiger partial charge < -0.3 is 15.2 Å². The lowest BCUT2D eigenvalue weighted by Crippen LogP contribution is -2.26. The number of rotatable bonds is 3. The Labute approximate surface area is 113 Å². The smallest absolute Gasteiger partial charge is 0.333 e. The molecular weight excluding hydrogens is 244 g/mol. The molecule has 0 saturated carbocycles. The zero-order valence-electron chi connectivity index (χ0n) is 11.8. The highest BCUT2D eigenvalue weighted by atomic mass is 16.5. The minimum absolute atomic E-state index is 0.235. The summed E-state index contributed by atoms with van der Waals surface area (Å²) in [6, 6.07) is 0. The standard InChI is InChI=1S/C14H20N2O3/c1-5-11-10(12-16-14(3,4)7-19-12)6-9(13(17)18)8(2)15-11/h15H,5-7H2,1-4H3,(H,17,18). The molecule has 0 fully saturated rings. The van der Waals surface area contributed by atoms with Crippen molar-refractivity contribution in [3.63, 3.8) is 0 Å². The largest absolute Gasteiger partial charge is 0.478 e. The van der Waals surface area contributed by atoms with Crippen molar-refractivity contribution in [2.24, 2.45) is 4.99 Å². The van der Waals surface area contributed by atoms with E-state index in [1.54, 1.807) is 6.92 Å². The first kappa shape index (κ1) is 13.6. The maximum Gasteiger partial charge on any atom is 0.333 e. The summed E-state index contributed by atoms with van der Waals surface area (Å²) in [5.74, 6) is -0.309. The molecule has 0 atom stereocenters. The predicted molar refractivity (Wildman–Crippen MR) is 72.9 cm³/mol. The van der Waals surface area contributed by atoms with Crippen LogP contribution in [0.4, 0.5) is 0 Å². The number of aliphatic imine (C=N–C) groups is 1. The topological polar surface area (TPSA) is 70.9 Å². The lowest BCUT2D eigenvalue weighted by molar-refractivity contribution is -0.132. The van der Waals surface area contributed by atoms with Gasteiger partial charge in [-0.2, -0.15) is 0 Å². The highest BCUT2D eigenvalue weighted by Crippen LogP contribution is 2.30. The van der Waals surface area contributed by atoms with Crippen molar-refractivity contribution >= 4 is 11.9 Å². The van der Waals surface area contributed by atoms with E-state index in [1.165, 1.54) is 0 Å². The van der Waals surface area contributed by atoms with Gasteiger partial charge in [-0.3, -0.25) is 0 Å². The van der Waals surface area contributed by atoms with Gasteiger partial charge in [0.2, 0.25) is 5.90 Å². The molecule has 0 aromatic carbocycles. The van der Waals surface area contributed by atoms with E-state index in [0.29, 0.717) is 30.2 Å². The first-order valence-corrected chi connectivity index (χ1v) is 6.49. The van der Waals surface area contributed by atoms with Gasteiger partial charge in [-0.25, -0.2) is 9.79 Å². The molecule has 2 aliphatic heterocycles. The molecule has 0 spiro atoms. The van der Waals surface area contributed by atoms with Crippen LogP contribution in [0.25, 0.3) is 0 Å². The van der Waals surface area contributed by atoms with E-state index in [0.717, 1.165) is 17.7 Å². The van der Waals surface area contributed by atoms with Gasteiger partial charge in [0.15, 0.2) is 0 Å². The summed E-state index contributed by atoms with van der Waals surface area (Å²) in [7, 11) is 0. The summed E-state index contributed by atoms with van der Waals surface area (Å²) in [6.07, 6.45) is 1.16. The normalized spacial score (nSPS) is 22.0. The average Bonchev–Trinajstić information content (AvgIpc) is 2.68. The fourth-order valence-electron chi connectivity index (χ4n) is 2.27. The molecule has 2 N–H and O–H groups in total. The van der Waals surface area contributed by atoms with Crippen LogP contribution in [0.1, 0.15) is 40.5 Å². The minimum Gasteiger partial charge on any atom is -0.478 e. The average molecular weight is 264 g/mol. The van der Waals surface area contributed by atoms with Crippen LogP contribution >= 0.6 is 0 Å². The Morgan fingerprint density at radius 3 is 2.68 bits per heavy atom. The van der Waals surface area contributed by atoms with Crippen molar-refractivity contribution in [3.8, 4) is 0 Å². The Kier molecular flexibility index (Phi) is 3.39. The molecule has 19 heavy (non-hydrogen) atoms. The Morgan fingerprint density at radius 1 is 1.53 bits per heavy atom. The number of carboxylic acid groups (broad SMARTS) is 1. The van der Waals surface area contributed by atoms with E-state index in [-0.39, 0.29) is 5.54 Å². The number of nitrogens with one attached hydrogen (secondary N) is 1. The SMILES string of the molecule is CCC1=C(C2=NC(C)(C)CO2)CC(C(=O)O)=C(C)N1. The first-order chi connectivity index (χ1) is 8.84. The summed E-state index contributed by atoms with van der Waals surface area (Å²) < 4.78 is 5.64. The lowest BCUT2D eigenvalue weighted by atomic mass is 9.96. The number of hydrogen-bond donors (Lipinski definition) is 2. The van der Waals surface area contributed by atoms with E-state index in [1.807, 2.05) is 20.8 Å². The van der Waals surface area contributed by atoms with E-state index in [9.17, 15) is 9.90 Å². The zero-order chi connectivity index (χ0) is 14.2. The van der Waals surface area contributed by atoms with Crippen LogP contribution in [0.3, 0.4) is 0 Å². The number of aliphatic carboxylic acids is 1. The Morgan fingerprint density at radius 2 is 2.21 bits per heavy atom. The van der Waals surface area contributed by atoms with E-state index < -0.39 is 5.97 Å². The molecule has 104 valence electrons. The minimum atomic E-state index is -0.893. The molecule has 0 saturated heterocycles. The number of ether oxygens (including phenoxy) is 1. The van der Waals surface area contributed by atoms with Crippen LogP contribution in [0.15, 0.2) is 27.5 Å². The van der Waals surface area contributed by atoms with Crippen molar-refractivity contribution in [1.29, 1.82) is 0 Å². The molecule has 2 aliphatic rings. The van der Waals surface area contributed by atoms with Crippen LogP contribution < -0.4 is 5.32 Å². The Balaban J connectivity index is 2.35. The van der Waals surface area contributed by atoms with Crippen LogP contribution in [0, 0.1) is 0 Å². The quantitative estimate of drug-likeness (QED) is 0.820. The first-order valence-electron chi connectivity index (χ1n) is 6.49. The summed E-state index contributed by atoms with van der Waals surface area (Å²) >= 11 is 0. The highest BCUT2D eigenvalue weighted by Gasteiger charge is 2.32. The summed E-state index contributed by atoms with van der Waals surface area (Å²) in [5, 5.41) is 12.4. The second-order valence-electron chi connectivity index (χ2n) is 5.54. The maximum atomic E-state index is 11.2. The third-order valence-corrected chi connectivity index (χ3v) is 3.35. The monoisotopic (exact) mass is 264 g/mol. The van der Waals surface area contributed by atoms with Crippen molar-refractivity contribution in [1.82, 2.24) is 5.32 Å². The summed E-state index contributed by atoms with van der Waals surface area (Å²) in [5.41, 5.74) is 2.71. The van der Waals surface area contributed by atoms with Gasteiger partial charge in [0.05, 0.1) is 11.1 Å². The summed E-state index contributed by atoms with van der Waals surface area (Å²) in [4.78, 5) is 15.8. The van der Waals surface area contributed by atoms with Crippen molar-refractivity contribution in [2.45, 2.75) is 46.1 Å². The third kappa shape index (κ3) is 2.64. The molecular formula is C14H20N2O3. The van der Waals surface area contributed by atoms with Crippen molar-refractivity contribution in [3.05, 3.63) is 22.5 Å². The van der Waals surface area contributed by atoms with Gasteiger partial charge >= 0.3 is 5.97 Å². The molecule has 5 nitrogen and oxygen atoms in total. The molecule has 0 aromatic rings. The van der Waals surface area contributed by atoms with Crippen LogP contribution in [0.2, 0.25) is 0 Å². The molecule has 0 amide bonds.